The first-order valence-electron chi connectivity index (χ1n) is 26.6. The minimum absolute atomic E-state index is 0.738. The smallest absolute Gasteiger partial charge is 0.217 e. The number of ether oxygens (including phenoxy) is 13. The maximum atomic E-state index is 12.7. The molecule has 488 valence electrons. The largest absolute Gasteiger partial charge is 0.394 e. The molecule has 38 nitrogen and oxygen atoms in total. The first kappa shape index (κ1) is 69.1. The second-order valence-corrected chi connectivity index (χ2v) is 21.1. The summed E-state index contributed by atoms with van der Waals surface area (Å²) in [6, 6.07) is -3.37. The van der Waals surface area contributed by atoms with E-state index in [1.165, 1.54) is 0 Å². The van der Waals surface area contributed by atoms with Crippen molar-refractivity contribution in [2.24, 2.45) is 0 Å². The van der Waals surface area contributed by atoms with Crippen LogP contribution >= 0.6 is 0 Å². The number of aliphatic hydroxyl groups excluding tert-OH is 21. The molecule has 7 heterocycles. The first-order chi connectivity index (χ1) is 39.7. The number of carbonyl (C=O) groups excluding carboxylic acids is 2. The predicted molar refractivity (Wildman–Crippen MR) is 255 cm³/mol. The Morgan fingerprint density at radius 3 is 1.06 bits per heavy atom. The maximum Gasteiger partial charge on any atom is 0.217 e. The van der Waals surface area contributed by atoms with E-state index in [9.17, 15) is 117 Å². The molecular weight excluding hydrogens is 1160 g/mol. The minimum atomic E-state index is -2.37. The number of hydrogen-bond donors (Lipinski definition) is 23. The lowest BCUT2D eigenvalue weighted by molar-refractivity contribution is -0.392. The van der Waals surface area contributed by atoms with Crippen LogP contribution in [-0.4, -0.2) is 380 Å². The fraction of sp³-hybridized carbons (Fsp3) is 0.957. The van der Waals surface area contributed by atoms with Crippen molar-refractivity contribution in [1.29, 1.82) is 0 Å². The monoisotopic (exact) mass is 1230 g/mol. The van der Waals surface area contributed by atoms with Crippen molar-refractivity contribution < 1.29 is 178 Å². The summed E-state index contributed by atoms with van der Waals surface area (Å²) in [5.74, 6) is -1.61. The Labute approximate surface area is 475 Å². The Morgan fingerprint density at radius 1 is 0.310 bits per heavy atom. The fourth-order valence-corrected chi connectivity index (χ4v) is 10.7. The quantitative estimate of drug-likeness (QED) is 0.0507. The van der Waals surface area contributed by atoms with Crippen LogP contribution in [0.1, 0.15) is 13.8 Å². The van der Waals surface area contributed by atoms with Crippen LogP contribution in [0.15, 0.2) is 0 Å². The molecule has 35 atom stereocenters. The summed E-state index contributed by atoms with van der Waals surface area (Å²) < 4.78 is 74.1. The van der Waals surface area contributed by atoms with Crippen LogP contribution in [0.3, 0.4) is 0 Å². The Morgan fingerprint density at radius 2 is 0.619 bits per heavy atom. The van der Waals surface area contributed by atoms with E-state index in [1.807, 2.05) is 0 Å². The first-order valence-corrected chi connectivity index (χ1v) is 26.6. The highest BCUT2D eigenvalue weighted by Crippen LogP contribution is 2.37. The number of aliphatic hydroxyl groups is 21. The fourth-order valence-electron chi connectivity index (χ4n) is 10.7. The highest BCUT2D eigenvalue weighted by Gasteiger charge is 2.58. The summed E-state index contributed by atoms with van der Waals surface area (Å²) in [5, 5.41) is 231. The summed E-state index contributed by atoms with van der Waals surface area (Å²) in [5.41, 5.74) is 0. The average Bonchev–Trinajstić information content (AvgIpc) is 1.75. The molecule has 0 spiro atoms. The molecule has 0 saturated carbocycles. The molecule has 23 N–H and O–H groups in total. The van der Waals surface area contributed by atoms with Gasteiger partial charge in [-0.25, -0.2) is 0 Å². The SMILES string of the molecule is CC(=O)N[C@@H]1[C@@H](O)[C@H](O[C@@H]2O[C@H](CO)[C@@H](O[C@@H]3O[C@H](CO[C@H]4O[C@H](CO)[C@@H](O[C@@H]5O[C@H](CO)[C@H](O)[C@H](O)[C@H]5O)[C@H](O)[C@@H]4O)[C@@H](O)[C@H](O[C@H]4O[C@H](CO)[C@@H](O[C@@H]5O[C@H](CO)[C@H](O)[C@H](O)[C@H]5O)[C@H](O)[C@@H]4O)[C@@H]3O)[C@H](O)[C@H]2NC(C)=O)[C@@H](CO)O[C@H]1O. The third kappa shape index (κ3) is 14.7. The summed E-state index contributed by atoms with van der Waals surface area (Å²) >= 11 is 0. The third-order valence-corrected chi connectivity index (χ3v) is 15.3. The summed E-state index contributed by atoms with van der Waals surface area (Å²) in [7, 11) is 0. The van der Waals surface area contributed by atoms with Crippen LogP contribution in [0.2, 0.25) is 0 Å². The molecule has 0 aliphatic carbocycles. The summed E-state index contributed by atoms with van der Waals surface area (Å²) in [4.78, 5) is 24.6. The van der Waals surface area contributed by atoms with E-state index in [-0.39, 0.29) is 0 Å². The second-order valence-electron chi connectivity index (χ2n) is 21.1. The maximum absolute atomic E-state index is 12.7. The van der Waals surface area contributed by atoms with Crippen molar-refractivity contribution in [2.75, 3.05) is 46.2 Å². The van der Waals surface area contributed by atoms with E-state index >= 15 is 0 Å². The van der Waals surface area contributed by atoms with Crippen molar-refractivity contribution in [1.82, 2.24) is 10.6 Å². The molecule has 0 radical (unpaired) electrons. The number of amides is 2. The van der Waals surface area contributed by atoms with E-state index in [0.29, 0.717) is 0 Å². The zero-order valence-electron chi connectivity index (χ0n) is 44.7. The normalized spacial score (nSPS) is 50.3. The molecule has 0 bridgehead atoms. The lowest BCUT2D eigenvalue weighted by Crippen LogP contribution is -2.70. The molecule has 7 saturated heterocycles. The number of rotatable bonds is 21. The molecule has 2 amide bonds. The van der Waals surface area contributed by atoms with Gasteiger partial charge in [-0.05, 0) is 0 Å². The zero-order chi connectivity index (χ0) is 61.9. The van der Waals surface area contributed by atoms with Crippen LogP contribution < -0.4 is 10.6 Å². The van der Waals surface area contributed by atoms with Crippen LogP contribution in [0, 0.1) is 0 Å². The van der Waals surface area contributed by atoms with Gasteiger partial charge >= 0.3 is 0 Å². The van der Waals surface area contributed by atoms with Crippen LogP contribution in [0.5, 0.6) is 0 Å². The van der Waals surface area contributed by atoms with E-state index in [0.717, 1.165) is 13.8 Å². The summed E-state index contributed by atoms with van der Waals surface area (Å²) in [6.45, 7) is -4.88. The van der Waals surface area contributed by atoms with Crippen molar-refractivity contribution in [3.05, 3.63) is 0 Å². The van der Waals surface area contributed by atoms with Crippen molar-refractivity contribution in [2.45, 2.75) is 229 Å². The molecule has 7 aliphatic heterocycles. The third-order valence-electron chi connectivity index (χ3n) is 15.3. The minimum Gasteiger partial charge on any atom is -0.394 e. The van der Waals surface area contributed by atoms with Crippen LogP contribution in [0.25, 0.3) is 0 Å². The van der Waals surface area contributed by atoms with Crippen molar-refractivity contribution in [3.63, 3.8) is 0 Å². The number of hydrogen-bond acceptors (Lipinski definition) is 36. The van der Waals surface area contributed by atoms with Gasteiger partial charge in [0.1, 0.15) is 171 Å². The number of nitrogens with one attached hydrogen (secondary N) is 2. The van der Waals surface area contributed by atoms with E-state index < -0.39 is 273 Å². The highest BCUT2D eigenvalue weighted by atomic mass is 16.8. The Hall–Kier alpha value is -2.42. The lowest BCUT2D eigenvalue weighted by Gasteiger charge is -2.50. The van der Waals surface area contributed by atoms with Gasteiger partial charge in [0.15, 0.2) is 44.0 Å². The van der Waals surface area contributed by atoms with Gasteiger partial charge in [0.2, 0.25) is 11.8 Å². The van der Waals surface area contributed by atoms with E-state index in [2.05, 4.69) is 10.6 Å². The summed E-state index contributed by atoms with van der Waals surface area (Å²) in [6.07, 6.45) is -64.6. The highest BCUT2D eigenvalue weighted by molar-refractivity contribution is 5.73. The molecule has 7 rings (SSSR count). The molecule has 0 aromatic carbocycles. The molecule has 7 aliphatic rings. The Balaban J connectivity index is 1.14. The number of carbonyl (C=O) groups is 2. The molecular formula is C46H78N2O36. The topological polar surface area (TPSA) is 603 Å². The lowest BCUT2D eigenvalue weighted by atomic mass is 9.94. The van der Waals surface area contributed by atoms with Crippen molar-refractivity contribution in [3.8, 4) is 0 Å². The predicted octanol–water partition coefficient (Wildman–Crippen LogP) is -16.0. The molecule has 0 unspecified atom stereocenters. The zero-order valence-corrected chi connectivity index (χ0v) is 44.7. The van der Waals surface area contributed by atoms with E-state index in [4.69, 9.17) is 61.6 Å². The van der Waals surface area contributed by atoms with Gasteiger partial charge in [0.25, 0.3) is 0 Å². The van der Waals surface area contributed by atoms with Gasteiger partial charge in [-0.2, -0.15) is 0 Å². The second kappa shape index (κ2) is 29.9. The van der Waals surface area contributed by atoms with Crippen molar-refractivity contribution >= 4 is 11.8 Å². The molecule has 0 aromatic heterocycles. The average molecular weight is 1240 g/mol. The van der Waals surface area contributed by atoms with Crippen LogP contribution in [0.4, 0.5) is 0 Å². The molecule has 0 aromatic rings. The van der Waals surface area contributed by atoms with Gasteiger partial charge in [-0.3, -0.25) is 9.59 Å². The van der Waals surface area contributed by atoms with Gasteiger partial charge in [0.05, 0.1) is 46.2 Å². The molecule has 84 heavy (non-hydrogen) atoms. The van der Waals surface area contributed by atoms with Gasteiger partial charge in [0, 0.05) is 13.8 Å². The van der Waals surface area contributed by atoms with E-state index in [1.54, 1.807) is 0 Å². The Bertz CT molecular complexity index is 2060. The van der Waals surface area contributed by atoms with Crippen LogP contribution in [-0.2, 0) is 71.2 Å². The molecule has 7 fully saturated rings. The van der Waals surface area contributed by atoms with Gasteiger partial charge in [-0.15, -0.1) is 0 Å². The van der Waals surface area contributed by atoms with Gasteiger partial charge in [-0.1, -0.05) is 0 Å². The standard InChI is InChI=1S/C46H78N2O36/c1-10(55)47-19-24(60)35(14(5-51)73-40(19)71)80-41-20(48-11(2)56)25(61)36(15(6-52)76-41)81-46-34(70)39(84-45-33(69)29(65)38(17(8-54)78-45)83-44-31(67)27(63)22(58)13(4-50)75-44)23(59)18(79-46)9-72-42-32(68)28(64)37(16(7-53)77-42)82-43-30(66)26(62)21(57)12(3-49)74-43/h12-46,49-54,57-71H,3-9H2,1-2H3,(H,47,55)(H,48,56)/t12-,13-,14-,15-,16-,17-,18-,19-,20-,21+,22+,23-,24-,25-,26+,27+,28-,29-,30-,31-,32+,33+,34+,35-,36-,37-,38-,39+,40-,41+,42+,43+,44+,45-,46+/m1/s1. The van der Waals surface area contributed by atoms with Gasteiger partial charge < -0.3 is 179 Å². The Kier molecular flexibility index (Phi) is 24.6. The molecule has 38 heteroatoms.